The Hall–Kier alpha value is -0.680. The number of methoxy groups -OCH3 is 2. The van der Waals surface area contributed by atoms with Gasteiger partial charge < -0.3 is 14.2 Å². The highest BCUT2D eigenvalue weighted by Crippen LogP contribution is 2.19. The number of benzene rings is 1. The molecular formula is C12H16ClFO3. The van der Waals surface area contributed by atoms with Crippen LogP contribution < -0.4 is 0 Å². The van der Waals surface area contributed by atoms with E-state index in [1.807, 2.05) is 0 Å². The van der Waals surface area contributed by atoms with Gasteiger partial charge in [0.1, 0.15) is 11.9 Å². The van der Waals surface area contributed by atoms with Crippen LogP contribution in [-0.2, 0) is 20.8 Å². The predicted molar refractivity (Wildman–Crippen MR) is 63.7 cm³/mol. The van der Waals surface area contributed by atoms with Crippen molar-refractivity contribution < 1.29 is 18.6 Å². The summed E-state index contributed by atoms with van der Waals surface area (Å²) in [6.07, 6.45) is -0.162. The Labute approximate surface area is 105 Å². The van der Waals surface area contributed by atoms with Crippen LogP contribution in [0.25, 0.3) is 0 Å². The van der Waals surface area contributed by atoms with Crippen molar-refractivity contribution in [2.75, 3.05) is 27.4 Å². The predicted octanol–water partition coefficient (Wildman–Crippen LogP) is 2.66. The van der Waals surface area contributed by atoms with E-state index < -0.39 is 0 Å². The number of rotatable bonds is 7. The van der Waals surface area contributed by atoms with Crippen LogP contribution in [0.5, 0.6) is 0 Å². The number of halogens is 2. The number of ether oxygens (including phenoxy) is 3. The summed E-state index contributed by atoms with van der Waals surface area (Å²) in [6.45, 7) is 0.881. The molecule has 1 atom stereocenters. The van der Waals surface area contributed by atoms with E-state index in [0.717, 1.165) is 0 Å². The van der Waals surface area contributed by atoms with Gasteiger partial charge in [-0.25, -0.2) is 4.39 Å². The molecule has 0 radical (unpaired) electrons. The van der Waals surface area contributed by atoms with Crippen LogP contribution in [0.2, 0.25) is 5.02 Å². The summed E-state index contributed by atoms with van der Waals surface area (Å²) in [5.74, 6) is -0.363. The maximum Gasteiger partial charge on any atom is 0.130 e. The Bertz CT molecular complexity index is 326. The summed E-state index contributed by atoms with van der Waals surface area (Å²) in [4.78, 5) is 0. The minimum Gasteiger partial charge on any atom is -0.382 e. The summed E-state index contributed by atoms with van der Waals surface area (Å²) >= 11 is 5.86. The third-order valence-electron chi connectivity index (χ3n) is 2.30. The molecule has 0 heterocycles. The summed E-state index contributed by atoms with van der Waals surface area (Å²) in [6, 6.07) is 4.55. The van der Waals surface area contributed by atoms with Crippen molar-refractivity contribution in [1.82, 2.24) is 0 Å². The maximum absolute atomic E-state index is 13.4. The van der Waals surface area contributed by atoms with Gasteiger partial charge in [0.2, 0.25) is 0 Å². The Morgan fingerprint density at radius 1 is 1.29 bits per heavy atom. The topological polar surface area (TPSA) is 27.7 Å². The summed E-state index contributed by atoms with van der Waals surface area (Å²) in [5.41, 5.74) is 0.362. The SMILES string of the molecule is COCC(COCc1c(F)cccc1Cl)OC. The molecule has 17 heavy (non-hydrogen) atoms. The standard InChI is InChI=1S/C12H16ClFO3/c1-15-6-9(16-2)7-17-8-10-11(13)4-3-5-12(10)14/h3-5,9H,6-8H2,1-2H3. The average molecular weight is 263 g/mol. The summed E-state index contributed by atoms with van der Waals surface area (Å²) in [7, 11) is 3.16. The van der Waals surface area contributed by atoms with Crippen LogP contribution in [0.15, 0.2) is 18.2 Å². The highest BCUT2D eigenvalue weighted by molar-refractivity contribution is 6.31. The molecule has 0 amide bonds. The zero-order valence-corrected chi connectivity index (χ0v) is 10.7. The van der Waals surface area contributed by atoms with Crippen molar-refractivity contribution in [3.05, 3.63) is 34.6 Å². The quantitative estimate of drug-likeness (QED) is 0.756. The Balaban J connectivity index is 2.45. The summed E-state index contributed by atoms with van der Waals surface area (Å²) < 4.78 is 28.8. The largest absolute Gasteiger partial charge is 0.382 e. The summed E-state index contributed by atoms with van der Waals surface area (Å²) in [5, 5.41) is 0.366. The van der Waals surface area contributed by atoms with E-state index >= 15 is 0 Å². The fraction of sp³-hybridized carbons (Fsp3) is 0.500. The molecule has 0 saturated heterocycles. The first kappa shape index (κ1) is 14.4. The van der Waals surface area contributed by atoms with Gasteiger partial charge in [-0.2, -0.15) is 0 Å². The lowest BCUT2D eigenvalue weighted by atomic mass is 10.2. The van der Waals surface area contributed by atoms with Crippen molar-refractivity contribution in [3.8, 4) is 0 Å². The molecule has 0 saturated carbocycles. The molecule has 0 spiro atoms. The van der Waals surface area contributed by atoms with Gasteiger partial charge >= 0.3 is 0 Å². The van der Waals surface area contributed by atoms with E-state index in [0.29, 0.717) is 23.8 Å². The molecule has 0 N–H and O–H groups in total. The molecule has 96 valence electrons. The smallest absolute Gasteiger partial charge is 0.130 e. The van der Waals surface area contributed by atoms with Crippen LogP contribution in [0.4, 0.5) is 4.39 Å². The van der Waals surface area contributed by atoms with Crippen molar-refractivity contribution in [1.29, 1.82) is 0 Å². The first-order chi connectivity index (χ1) is 8.19. The van der Waals surface area contributed by atoms with E-state index in [4.69, 9.17) is 25.8 Å². The highest BCUT2D eigenvalue weighted by atomic mass is 35.5. The van der Waals surface area contributed by atoms with Gasteiger partial charge in [0, 0.05) is 24.8 Å². The van der Waals surface area contributed by atoms with Crippen LogP contribution >= 0.6 is 11.6 Å². The van der Waals surface area contributed by atoms with Crippen LogP contribution in [0, 0.1) is 5.82 Å². The Kier molecular flexibility index (Phi) is 6.44. The molecular weight excluding hydrogens is 247 g/mol. The Morgan fingerprint density at radius 2 is 2.06 bits per heavy atom. The number of hydrogen-bond donors (Lipinski definition) is 0. The van der Waals surface area contributed by atoms with Gasteiger partial charge in [0.25, 0.3) is 0 Å². The highest BCUT2D eigenvalue weighted by Gasteiger charge is 2.10. The zero-order chi connectivity index (χ0) is 12.7. The third kappa shape index (κ3) is 4.60. The molecule has 1 unspecified atom stereocenters. The third-order valence-corrected chi connectivity index (χ3v) is 2.65. The molecule has 0 aliphatic heterocycles. The van der Waals surface area contributed by atoms with E-state index in [9.17, 15) is 4.39 Å². The second-order valence-electron chi connectivity index (χ2n) is 3.53. The van der Waals surface area contributed by atoms with Crippen molar-refractivity contribution >= 4 is 11.6 Å². The first-order valence-corrected chi connectivity index (χ1v) is 5.59. The lowest BCUT2D eigenvalue weighted by molar-refractivity contribution is -0.0351. The number of hydrogen-bond acceptors (Lipinski definition) is 3. The molecule has 0 bridgehead atoms. The van der Waals surface area contributed by atoms with E-state index in [-0.39, 0.29) is 18.5 Å². The van der Waals surface area contributed by atoms with E-state index in [2.05, 4.69) is 0 Å². The lowest BCUT2D eigenvalue weighted by Gasteiger charge is -2.15. The van der Waals surface area contributed by atoms with E-state index in [1.165, 1.54) is 6.07 Å². The molecule has 3 nitrogen and oxygen atoms in total. The van der Waals surface area contributed by atoms with Crippen LogP contribution in [0.3, 0.4) is 0 Å². The van der Waals surface area contributed by atoms with Crippen molar-refractivity contribution in [2.45, 2.75) is 12.7 Å². The average Bonchev–Trinajstić information content (AvgIpc) is 2.31. The van der Waals surface area contributed by atoms with Gasteiger partial charge in [-0.15, -0.1) is 0 Å². The zero-order valence-electron chi connectivity index (χ0n) is 9.91. The lowest BCUT2D eigenvalue weighted by Crippen LogP contribution is -2.23. The second-order valence-corrected chi connectivity index (χ2v) is 3.94. The molecule has 0 aliphatic rings. The van der Waals surface area contributed by atoms with Gasteiger partial charge in [0.05, 0.1) is 19.8 Å². The fourth-order valence-corrected chi connectivity index (χ4v) is 1.55. The minimum atomic E-state index is -0.363. The van der Waals surface area contributed by atoms with Crippen molar-refractivity contribution in [2.24, 2.45) is 0 Å². The van der Waals surface area contributed by atoms with Crippen LogP contribution in [-0.4, -0.2) is 33.5 Å². The molecule has 0 aromatic heterocycles. The van der Waals surface area contributed by atoms with Gasteiger partial charge in [-0.1, -0.05) is 17.7 Å². The van der Waals surface area contributed by atoms with Gasteiger partial charge in [-0.3, -0.25) is 0 Å². The molecule has 1 rings (SSSR count). The molecule has 1 aromatic carbocycles. The molecule has 1 aromatic rings. The minimum absolute atomic E-state index is 0.120. The Morgan fingerprint density at radius 3 is 2.65 bits per heavy atom. The van der Waals surface area contributed by atoms with Crippen LogP contribution in [0.1, 0.15) is 5.56 Å². The first-order valence-electron chi connectivity index (χ1n) is 5.21. The monoisotopic (exact) mass is 262 g/mol. The fourth-order valence-electron chi connectivity index (χ4n) is 1.33. The second kappa shape index (κ2) is 7.61. The molecule has 5 heteroatoms. The molecule has 0 aliphatic carbocycles. The van der Waals surface area contributed by atoms with Gasteiger partial charge in [0.15, 0.2) is 0 Å². The van der Waals surface area contributed by atoms with Crippen molar-refractivity contribution in [3.63, 3.8) is 0 Å². The normalized spacial score (nSPS) is 12.7. The maximum atomic E-state index is 13.4. The van der Waals surface area contributed by atoms with Gasteiger partial charge in [-0.05, 0) is 12.1 Å². The molecule has 0 fully saturated rings. The van der Waals surface area contributed by atoms with E-state index in [1.54, 1.807) is 26.4 Å².